The molecule has 1 rings (SSSR count). The molecule has 0 aliphatic rings. The number of rotatable bonds is 4. The molecule has 0 radical (unpaired) electrons. The summed E-state index contributed by atoms with van der Waals surface area (Å²) in [4.78, 5) is 33.6. The van der Waals surface area contributed by atoms with Gasteiger partial charge in [0.25, 0.3) is 0 Å². The molecule has 21 heavy (non-hydrogen) atoms. The third-order valence-electron chi connectivity index (χ3n) is 2.44. The summed E-state index contributed by atoms with van der Waals surface area (Å²) >= 11 is 0. The summed E-state index contributed by atoms with van der Waals surface area (Å²) in [6.45, 7) is 1.33. The Kier molecular flexibility index (Phi) is 5.17. The summed E-state index contributed by atoms with van der Waals surface area (Å²) in [7, 11) is 1.12. The maximum Gasteiger partial charge on any atom is 0.337 e. The number of hydrogen-bond acceptors (Lipinski definition) is 4. The van der Waals surface area contributed by atoms with Crippen molar-refractivity contribution in [3.63, 3.8) is 0 Å². The average Bonchev–Trinajstić information content (AvgIpc) is 2.41. The van der Waals surface area contributed by atoms with Gasteiger partial charge in [-0.05, 0) is 13.0 Å². The lowest BCUT2D eigenvalue weighted by Crippen LogP contribution is -2.41. The van der Waals surface area contributed by atoms with E-state index in [2.05, 4.69) is 10.1 Å². The molecule has 0 spiro atoms. The molecule has 1 atom stereocenters. The molecule has 114 valence electrons. The molecule has 9 heteroatoms. The number of halogens is 2. The number of carbonyl (C=O) groups excluding carboxylic acids is 2. The normalized spacial score (nSPS) is 11.4. The van der Waals surface area contributed by atoms with Crippen molar-refractivity contribution in [3.05, 3.63) is 29.3 Å². The van der Waals surface area contributed by atoms with E-state index < -0.39 is 46.9 Å². The van der Waals surface area contributed by atoms with Crippen molar-refractivity contribution in [1.29, 1.82) is 0 Å². The molecule has 0 aliphatic heterocycles. The van der Waals surface area contributed by atoms with Crippen LogP contribution in [-0.4, -0.2) is 36.2 Å². The van der Waals surface area contributed by atoms with Crippen LogP contribution in [0, 0.1) is 11.6 Å². The fourth-order valence-electron chi connectivity index (χ4n) is 1.42. The minimum absolute atomic E-state index is 0.441. The van der Waals surface area contributed by atoms with Gasteiger partial charge in [0.05, 0.1) is 18.4 Å². The lowest BCUT2D eigenvalue weighted by atomic mass is 10.1. The fraction of sp³-hybridized carbons (Fsp3) is 0.250. The first-order chi connectivity index (χ1) is 9.76. The van der Waals surface area contributed by atoms with Gasteiger partial charge >= 0.3 is 18.0 Å². The number of carbonyl (C=O) groups is 3. The number of anilines is 1. The number of urea groups is 1. The first-order valence-electron chi connectivity index (χ1n) is 5.64. The smallest absolute Gasteiger partial charge is 0.337 e. The second kappa shape index (κ2) is 6.64. The zero-order chi connectivity index (χ0) is 16.2. The van der Waals surface area contributed by atoms with E-state index in [1.165, 1.54) is 6.92 Å². The second-order valence-corrected chi connectivity index (χ2v) is 3.96. The van der Waals surface area contributed by atoms with Crippen LogP contribution < -0.4 is 10.6 Å². The van der Waals surface area contributed by atoms with Crippen LogP contribution >= 0.6 is 0 Å². The first kappa shape index (κ1) is 16.3. The van der Waals surface area contributed by atoms with Crippen molar-refractivity contribution >= 4 is 23.7 Å². The zero-order valence-corrected chi connectivity index (χ0v) is 11.1. The predicted octanol–water partition coefficient (Wildman–Crippen LogP) is 1.35. The van der Waals surface area contributed by atoms with Gasteiger partial charge in [0, 0.05) is 6.07 Å². The van der Waals surface area contributed by atoms with E-state index in [0.29, 0.717) is 12.1 Å². The van der Waals surface area contributed by atoms with E-state index in [4.69, 9.17) is 5.11 Å². The van der Waals surface area contributed by atoms with E-state index in [0.717, 1.165) is 7.11 Å². The third-order valence-corrected chi connectivity index (χ3v) is 2.44. The molecule has 0 heterocycles. The molecule has 7 nitrogen and oxygen atoms in total. The highest BCUT2D eigenvalue weighted by molar-refractivity contribution is 6.00. The van der Waals surface area contributed by atoms with Crippen LogP contribution in [0.3, 0.4) is 0 Å². The Morgan fingerprint density at radius 1 is 1.24 bits per heavy atom. The molecule has 0 saturated heterocycles. The number of ether oxygens (including phenoxy) is 1. The van der Waals surface area contributed by atoms with Gasteiger partial charge in [-0.25, -0.2) is 23.2 Å². The van der Waals surface area contributed by atoms with Crippen LogP contribution in [0.15, 0.2) is 12.1 Å². The number of hydrogen-bond donors (Lipinski definition) is 3. The Balaban J connectivity index is 2.92. The monoisotopic (exact) mass is 302 g/mol. The molecule has 0 saturated carbocycles. The maximum atomic E-state index is 13.1. The molecule has 1 aromatic rings. The third kappa shape index (κ3) is 4.13. The first-order valence-corrected chi connectivity index (χ1v) is 5.64. The number of amides is 2. The number of nitrogens with one attached hydrogen (secondary N) is 2. The Hall–Kier alpha value is -2.71. The minimum Gasteiger partial charge on any atom is -0.478 e. The van der Waals surface area contributed by atoms with E-state index >= 15 is 0 Å². The van der Waals surface area contributed by atoms with E-state index in [1.54, 1.807) is 0 Å². The van der Waals surface area contributed by atoms with Crippen LogP contribution in [0.5, 0.6) is 0 Å². The number of benzene rings is 1. The van der Waals surface area contributed by atoms with Crippen molar-refractivity contribution in [1.82, 2.24) is 5.32 Å². The summed E-state index contributed by atoms with van der Waals surface area (Å²) < 4.78 is 30.5. The lowest BCUT2D eigenvalue weighted by Gasteiger charge is -2.14. The maximum absolute atomic E-state index is 13.1. The van der Waals surface area contributed by atoms with Gasteiger partial charge < -0.3 is 20.5 Å². The van der Waals surface area contributed by atoms with Crippen molar-refractivity contribution in [3.8, 4) is 0 Å². The molecule has 0 aliphatic carbocycles. The van der Waals surface area contributed by atoms with E-state index in [1.807, 2.05) is 5.32 Å². The van der Waals surface area contributed by atoms with Crippen molar-refractivity contribution < 1.29 is 33.0 Å². The Morgan fingerprint density at radius 3 is 2.33 bits per heavy atom. The number of carboxylic acids is 1. The lowest BCUT2D eigenvalue weighted by molar-refractivity contribution is -0.142. The minimum atomic E-state index is -1.55. The summed E-state index contributed by atoms with van der Waals surface area (Å²) in [5, 5.41) is 13.0. The molecule has 1 unspecified atom stereocenters. The van der Waals surface area contributed by atoms with Crippen LogP contribution in [0.25, 0.3) is 0 Å². The van der Waals surface area contributed by atoms with Crippen molar-refractivity contribution in [2.45, 2.75) is 13.0 Å². The van der Waals surface area contributed by atoms with Gasteiger partial charge in [-0.2, -0.15) is 0 Å². The summed E-state index contributed by atoms with van der Waals surface area (Å²) in [6.07, 6.45) is 0. The largest absolute Gasteiger partial charge is 0.478 e. The van der Waals surface area contributed by atoms with Gasteiger partial charge in [0.2, 0.25) is 0 Å². The molecule has 0 bridgehead atoms. The van der Waals surface area contributed by atoms with Gasteiger partial charge in [-0.15, -0.1) is 0 Å². The van der Waals surface area contributed by atoms with E-state index in [9.17, 15) is 23.2 Å². The van der Waals surface area contributed by atoms with Crippen LogP contribution in [0.1, 0.15) is 17.3 Å². The molecule has 3 N–H and O–H groups in total. The quantitative estimate of drug-likeness (QED) is 0.728. The van der Waals surface area contributed by atoms with E-state index in [-0.39, 0.29) is 0 Å². The standard InChI is InChI=1S/C12H12F2N2O5/c1-5(11(19)21-2)15-12(20)16-9-4-8(14)7(13)3-6(9)10(17)18/h3-5H,1-2H3,(H,17,18)(H2,15,16,20). The Labute approximate surface area is 117 Å². The number of aromatic carboxylic acids is 1. The molecule has 1 aromatic carbocycles. The van der Waals surface area contributed by atoms with Gasteiger partial charge in [0.15, 0.2) is 11.6 Å². The average molecular weight is 302 g/mol. The molecular formula is C12H12F2N2O5. The highest BCUT2D eigenvalue weighted by Gasteiger charge is 2.19. The van der Waals surface area contributed by atoms with Crippen LogP contribution in [0.2, 0.25) is 0 Å². The highest BCUT2D eigenvalue weighted by atomic mass is 19.2. The highest BCUT2D eigenvalue weighted by Crippen LogP contribution is 2.20. The van der Waals surface area contributed by atoms with Crippen molar-refractivity contribution in [2.75, 3.05) is 12.4 Å². The SMILES string of the molecule is COC(=O)C(C)NC(=O)Nc1cc(F)c(F)cc1C(=O)O. The Bertz CT molecular complexity index is 591. The fourth-order valence-corrected chi connectivity index (χ4v) is 1.42. The van der Waals surface area contributed by atoms with Gasteiger partial charge in [-0.1, -0.05) is 0 Å². The van der Waals surface area contributed by atoms with Crippen LogP contribution in [-0.2, 0) is 9.53 Å². The van der Waals surface area contributed by atoms with Gasteiger partial charge in [-0.3, -0.25) is 0 Å². The summed E-state index contributed by atoms with van der Waals surface area (Å²) in [5.41, 5.74) is -1.08. The number of carboxylic acid groups (broad SMARTS) is 1. The van der Waals surface area contributed by atoms with Crippen LogP contribution in [0.4, 0.5) is 19.3 Å². The Morgan fingerprint density at radius 2 is 1.81 bits per heavy atom. The second-order valence-electron chi connectivity index (χ2n) is 3.96. The van der Waals surface area contributed by atoms with Crippen molar-refractivity contribution in [2.24, 2.45) is 0 Å². The molecule has 0 aromatic heterocycles. The molecule has 0 fully saturated rings. The zero-order valence-electron chi connectivity index (χ0n) is 11.1. The summed E-state index contributed by atoms with van der Waals surface area (Å²) in [6, 6.07) is -1.01. The molecular weight excluding hydrogens is 290 g/mol. The number of esters is 1. The molecule has 2 amide bonds. The number of methoxy groups -OCH3 is 1. The topological polar surface area (TPSA) is 105 Å². The van der Waals surface area contributed by atoms with Gasteiger partial charge in [0.1, 0.15) is 6.04 Å². The summed E-state index contributed by atoms with van der Waals surface area (Å²) in [5.74, 6) is -4.96. The predicted molar refractivity (Wildman–Crippen MR) is 66.9 cm³/mol.